The highest BCUT2D eigenvalue weighted by atomic mass is 16.5. The van der Waals surface area contributed by atoms with Gasteiger partial charge in [0.15, 0.2) is 0 Å². The van der Waals surface area contributed by atoms with E-state index >= 15 is 0 Å². The first kappa shape index (κ1) is 14.1. The van der Waals surface area contributed by atoms with Gasteiger partial charge in [0.25, 0.3) is 0 Å². The second-order valence-corrected chi connectivity index (χ2v) is 6.76. The molecule has 0 bridgehead atoms. The average Bonchev–Trinajstić information content (AvgIpc) is 2.99. The predicted octanol–water partition coefficient (Wildman–Crippen LogP) is 3.56. The Labute approximate surface area is 125 Å². The quantitative estimate of drug-likeness (QED) is 0.804. The van der Waals surface area contributed by atoms with Gasteiger partial charge in [-0.15, -0.1) is 0 Å². The number of benzene rings is 1. The van der Waals surface area contributed by atoms with Gasteiger partial charge in [-0.2, -0.15) is 5.26 Å². The molecule has 2 atom stereocenters. The van der Waals surface area contributed by atoms with Gasteiger partial charge in [0.1, 0.15) is 5.82 Å². The lowest BCUT2D eigenvalue weighted by Gasteiger charge is -2.27. The molecule has 3 rings (SSSR count). The third kappa shape index (κ3) is 2.32. The van der Waals surface area contributed by atoms with Crippen LogP contribution < -0.4 is 0 Å². The molecule has 21 heavy (non-hydrogen) atoms. The highest BCUT2D eigenvalue weighted by Gasteiger charge is 2.33. The van der Waals surface area contributed by atoms with Crippen LogP contribution in [0, 0.1) is 11.3 Å². The van der Waals surface area contributed by atoms with Gasteiger partial charge in [-0.25, -0.2) is 4.98 Å². The van der Waals surface area contributed by atoms with Gasteiger partial charge in [-0.3, -0.25) is 0 Å². The monoisotopic (exact) mass is 283 g/mol. The maximum Gasteiger partial charge on any atom is 0.116 e. The van der Waals surface area contributed by atoms with Crippen LogP contribution in [0.25, 0.3) is 11.0 Å². The minimum Gasteiger partial charge on any atom is -0.378 e. The lowest BCUT2D eigenvalue weighted by atomic mass is 9.99. The van der Waals surface area contributed by atoms with E-state index in [2.05, 4.69) is 38.3 Å². The van der Waals surface area contributed by atoms with Crippen molar-refractivity contribution in [1.29, 1.82) is 5.26 Å². The minimum atomic E-state index is -0.0550. The summed E-state index contributed by atoms with van der Waals surface area (Å²) in [6, 6.07) is 7.94. The van der Waals surface area contributed by atoms with E-state index in [0.29, 0.717) is 11.5 Å². The molecule has 1 aromatic carbocycles. The standard InChI is InChI=1S/C17H21N3O/c1-11-13(7-8-21-11)16-19-14-9-12(10-18)5-6-15(14)20(16)17(2,3)4/h5-6,9,11,13H,7-8H2,1-4H3. The maximum absolute atomic E-state index is 9.08. The second-order valence-electron chi connectivity index (χ2n) is 6.76. The van der Waals surface area contributed by atoms with Crippen molar-refractivity contribution in [2.45, 2.75) is 51.7 Å². The van der Waals surface area contributed by atoms with Crippen LogP contribution in [0.2, 0.25) is 0 Å². The minimum absolute atomic E-state index is 0.0550. The Morgan fingerprint density at radius 2 is 2.14 bits per heavy atom. The number of hydrogen-bond donors (Lipinski definition) is 0. The summed E-state index contributed by atoms with van der Waals surface area (Å²) in [7, 11) is 0. The highest BCUT2D eigenvalue weighted by Crippen LogP contribution is 2.36. The Morgan fingerprint density at radius 3 is 2.71 bits per heavy atom. The van der Waals surface area contributed by atoms with Gasteiger partial charge in [-0.05, 0) is 52.3 Å². The van der Waals surface area contributed by atoms with E-state index in [9.17, 15) is 0 Å². The van der Waals surface area contributed by atoms with Crippen molar-refractivity contribution in [2.75, 3.05) is 6.61 Å². The smallest absolute Gasteiger partial charge is 0.116 e. The third-order valence-electron chi connectivity index (χ3n) is 4.19. The molecule has 1 aromatic heterocycles. The van der Waals surface area contributed by atoms with E-state index < -0.39 is 0 Å². The Balaban J connectivity index is 2.25. The molecule has 0 saturated carbocycles. The van der Waals surface area contributed by atoms with Gasteiger partial charge in [0, 0.05) is 18.1 Å². The fourth-order valence-electron chi connectivity index (χ4n) is 3.19. The van der Waals surface area contributed by atoms with Gasteiger partial charge in [-0.1, -0.05) is 0 Å². The summed E-state index contributed by atoms with van der Waals surface area (Å²) in [5, 5.41) is 9.08. The van der Waals surface area contributed by atoms with Gasteiger partial charge in [0.05, 0.1) is 28.8 Å². The Morgan fingerprint density at radius 1 is 1.38 bits per heavy atom. The molecule has 1 aliphatic heterocycles. The number of nitriles is 1. The Kier molecular flexibility index (Phi) is 3.26. The van der Waals surface area contributed by atoms with Crippen LogP contribution in [-0.2, 0) is 10.3 Å². The summed E-state index contributed by atoms with van der Waals surface area (Å²) in [5.41, 5.74) is 2.59. The topological polar surface area (TPSA) is 50.8 Å². The van der Waals surface area contributed by atoms with Crippen molar-refractivity contribution in [2.24, 2.45) is 0 Å². The molecule has 0 aliphatic carbocycles. The molecule has 110 valence electrons. The summed E-state index contributed by atoms with van der Waals surface area (Å²) >= 11 is 0. The predicted molar refractivity (Wildman–Crippen MR) is 82.2 cm³/mol. The molecule has 0 amide bonds. The highest BCUT2D eigenvalue weighted by molar-refractivity contribution is 5.78. The number of aromatic nitrogens is 2. The van der Waals surface area contributed by atoms with E-state index in [0.717, 1.165) is 29.9 Å². The number of nitrogens with zero attached hydrogens (tertiary/aromatic N) is 3. The first-order valence-electron chi connectivity index (χ1n) is 7.46. The van der Waals surface area contributed by atoms with E-state index in [1.54, 1.807) is 0 Å². The fraction of sp³-hybridized carbons (Fsp3) is 0.529. The summed E-state index contributed by atoms with van der Waals surface area (Å²) in [6.07, 6.45) is 1.20. The zero-order valence-electron chi connectivity index (χ0n) is 13.1. The van der Waals surface area contributed by atoms with Crippen LogP contribution in [0.15, 0.2) is 18.2 Å². The summed E-state index contributed by atoms with van der Waals surface area (Å²) in [4.78, 5) is 4.85. The van der Waals surface area contributed by atoms with E-state index in [4.69, 9.17) is 15.0 Å². The molecule has 1 saturated heterocycles. The summed E-state index contributed by atoms with van der Waals surface area (Å²) < 4.78 is 8.03. The molecule has 2 heterocycles. The van der Waals surface area contributed by atoms with Gasteiger partial charge in [0.2, 0.25) is 0 Å². The SMILES string of the molecule is CC1OCCC1c1nc2cc(C#N)ccc2n1C(C)(C)C. The third-order valence-corrected chi connectivity index (χ3v) is 4.19. The first-order valence-corrected chi connectivity index (χ1v) is 7.46. The average molecular weight is 283 g/mol. The van der Waals surface area contributed by atoms with E-state index in [1.807, 2.05) is 18.2 Å². The van der Waals surface area contributed by atoms with Gasteiger partial charge >= 0.3 is 0 Å². The maximum atomic E-state index is 9.08. The van der Waals surface area contributed by atoms with Crippen molar-refractivity contribution in [3.8, 4) is 6.07 Å². The largest absolute Gasteiger partial charge is 0.378 e. The molecule has 0 N–H and O–H groups in total. The molecular formula is C17H21N3O. The van der Waals surface area contributed by atoms with Crippen molar-refractivity contribution >= 4 is 11.0 Å². The molecule has 1 aliphatic rings. The van der Waals surface area contributed by atoms with Crippen molar-refractivity contribution < 1.29 is 4.74 Å². The lowest BCUT2D eigenvalue weighted by molar-refractivity contribution is 0.116. The Hall–Kier alpha value is -1.86. The van der Waals surface area contributed by atoms with Crippen molar-refractivity contribution in [1.82, 2.24) is 9.55 Å². The van der Waals surface area contributed by atoms with E-state index in [1.165, 1.54) is 0 Å². The van der Waals surface area contributed by atoms with Crippen molar-refractivity contribution in [3.05, 3.63) is 29.6 Å². The molecule has 4 nitrogen and oxygen atoms in total. The lowest BCUT2D eigenvalue weighted by Crippen LogP contribution is -2.27. The molecule has 4 heteroatoms. The van der Waals surface area contributed by atoms with E-state index in [-0.39, 0.29) is 11.6 Å². The van der Waals surface area contributed by atoms with Crippen molar-refractivity contribution in [3.63, 3.8) is 0 Å². The summed E-state index contributed by atoms with van der Waals surface area (Å²) in [5.74, 6) is 1.40. The number of ether oxygens (including phenoxy) is 1. The molecule has 2 unspecified atom stereocenters. The van der Waals surface area contributed by atoms with Crippen LogP contribution in [0.3, 0.4) is 0 Å². The van der Waals surface area contributed by atoms with Crippen LogP contribution in [-0.4, -0.2) is 22.3 Å². The van der Waals surface area contributed by atoms with Crippen LogP contribution in [0.5, 0.6) is 0 Å². The zero-order valence-corrected chi connectivity index (χ0v) is 13.1. The normalized spacial score (nSPS) is 22.6. The Bertz CT molecular complexity index is 718. The van der Waals surface area contributed by atoms with Gasteiger partial charge < -0.3 is 9.30 Å². The fourth-order valence-corrected chi connectivity index (χ4v) is 3.19. The number of hydrogen-bond acceptors (Lipinski definition) is 3. The zero-order chi connectivity index (χ0) is 15.2. The molecular weight excluding hydrogens is 262 g/mol. The second kappa shape index (κ2) is 4.85. The number of rotatable bonds is 1. The molecule has 0 spiro atoms. The molecule has 2 aromatic rings. The van der Waals surface area contributed by atoms with Crippen LogP contribution >= 0.6 is 0 Å². The van der Waals surface area contributed by atoms with Crippen LogP contribution in [0.1, 0.15) is 51.4 Å². The number of fused-ring (bicyclic) bond motifs is 1. The summed E-state index contributed by atoms with van der Waals surface area (Å²) in [6.45, 7) is 9.48. The van der Waals surface area contributed by atoms with Crippen LogP contribution in [0.4, 0.5) is 0 Å². The number of imidazole rings is 1. The first-order chi connectivity index (χ1) is 9.91. The molecule has 1 fully saturated rings. The molecule has 0 radical (unpaired) electrons.